The Labute approximate surface area is 214 Å². The minimum Gasteiger partial charge on any atom is -0.280 e. The van der Waals surface area contributed by atoms with Crippen molar-refractivity contribution in [2.45, 2.75) is 20.3 Å². The van der Waals surface area contributed by atoms with Crippen LogP contribution in [0.15, 0.2) is 138 Å². The van der Waals surface area contributed by atoms with Crippen molar-refractivity contribution < 1.29 is 0 Å². The van der Waals surface area contributed by atoms with Crippen molar-refractivity contribution in [1.82, 2.24) is 5.43 Å². The standard InChI is InChI=1S/C30H30N2P.BrH/c1-25(23-27-15-7-3-8-16-27)31-32-26(2)24-33(28-17-9-4-10-18-28,29-19-11-5-12-20-29)30-21-13-6-14-22-30;/h3-22,24,32H,23H2,1-2H3;1H/q+1;/b26-24+,31-25+;. The molecule has 0 spiro atoms. The second kappa shape index (κ2) is 12.5. The molecule has 0 aliphatic heterocycles. The summed E-state index contributed by atoms with van der Waals surface area (Å²) in [5, 5.41) is 8.68. The van der Waals surface area contributed by atoms with E-state index in [1.807, 2.05) is 6.07 Å². The molecule has 4 rings (SSSR count). The third-order valence-corrected chi connectivity index (χ3v) is 9.72. The smallest absolute Gasteiger partial charge is 0.138 e. The molecule has 0 amide bonds. The van der Waals surface area contributed by atoms with Gasteiger partial charge in [-0.15, -0.1) is 17.0 Å². The number of allylic oxidation sites excluding steroid dienone is 1. The van der Waals surface area contributed by atoms with Gasteiger partial charge >= 0.3 is 0 Å². The van der Waals surface area contributed by atoms with Crippen LogP contribution in [0.2, 0.25) is 0 Å². The molecule has 4 aromatic carbocycles. The van der Waals surface area contributed by atoms with Gasteiger partial charge in [-0.05, 0) is 55.8 Å². The van der Waals surface area contributed by atoms with Gasteiger partial charge in [-0.2, -0.15) is 5.10 Å². The van der Waals surface area contributed by atoms with Crippen LogP contribution in [0.1, 0.15) is 19.4 Å². The van der Waals surface area contributed by atoms with Crippen LogP contribution in [0.25, 0.3) is 0 Å². The molecule has 0 unspecified atom stereocenters. The highest BCUT2D eigenvalue weighted by molar-refractivity contribution is 8.93. The average molecular weight is 530 g/mol. The fourth-order valence-corrected chi connectivity index (χ4v) is 8.00. The van der Waals surface area contributed by atoms with E-state index in [1.165, 1.54) is 21.5 Å². The van der Waals surface area contributed by atoms with Crippen LogP contribution >= 0.6 is 24.2 Å². The lowest BCUT2D eigenvalue weighted by atomic mass is 10.1. The van der Waals surface area contributed by atoms with E-state index in [4.69, 9.17) is 5.10 Å². The van der Waals surface area contributed by atoms with E-state index < -0.39 is 7.26 Å². The van der Waals surface area contributed by atoms with Gasteiger partial charge in [0.25, 0.3) is 0 Å². The Balaban J connectivity index is 0.00000324. The van der Waals surface area contributed by atoms with Gasteiger partial charge < -0.3 is 0 Å². The molecule has 0 saturated heterocycles. The summed E-state index contributed by atoms with van der Waals surface area (Å²) in [6.07, 6.45) is 0.831. The molecule has 4 heteroatoms. The number of hydrogen-bond donors (Lipinski definition) is 1. The predicted molar refractivity (Wildman–Crippen MR) is 156 cm³/mol. The molecule has 0 aliphatic rings. The number of benzene rings is 4. The molecule has 0 bridgehead atoms. The first-order chi connectivity index (χ1) is 16.2. The maximum atomic E-state index is 4.70. The summed E-state index contributed by atoms with van der Waals surface area (Å²) in [5.41, 5.74) is 6.71. The first-order valence-electron chi connectivity index (χ1n) is 11.3. The monoisotopic (exact) mass is 529 g/mol. The van der Waals surface area contributed by atoms with Crippen LogP contribution in [-0.4, -0.2) is 5.71 Å². The molecule has 1 N–H and O–H groups in total. The van der Waals surface area contributed by atoms with Crippen LogP contribution in [0.5, 0.6) is 0 Å². The topological polar surface area (TPSA) is 24.4 Å². The second-order valence-electron chi connectivity index (χ2n) is 8.16. The molecule has 0 aliphatic carbocycles. The minimum atomic E-state index is -2.03. The van der Waals surface area contributed by atoms with Crippen LogP contribution in [-0.2, 0) is 6.42 Å². The Hall–Kier alpha value is -3.00. The van der Waals surface area contributed by atoms with E-state index in [0.29, 0.717) is 0 Å². The summed E-state index contributed by atoms with van der Waals surface area (Å²) in [6, 6.07) is 43.0. The zero-order chi connectivity index (χ0) is 22.9. The third kappa shape index (κ3) is 6.11. The summed E-state index contributed by atoms with van der Waals surface area (Å²) in [7, 11) is -2.03. The predicted octanol–water partition coefficient (Wildman–Crippen LogP) is 6.63. The highest BCUT2D eigenvalue weighted by atomic mass is 79.9. The maximum Gasteiger partial charge on any atom is 0.138 e. The number of nitrogens with zero attached hydrogens (tertiary/aromatic N) is 1. The Kier molecular flexibility index (Phi) is 9.39. The number of nitrogens with one attached hydrogen (secondary N) is 1. The molecule has 4 aromatic rings. The van der Waals surface area contributed by atoms with Crippen molar-refractivity contribution in [1.29, 1.82) is 0 Å². The van der Waals surface area contributed by atoms with E-state index in [0.717, 1.165) is 17.8 Å². The highest BCUT2D eigenvalue weighted by Crippen LogP contribution is 2.57. The van der Waals surface area contributed by atoms with Crippen LogP contribution in [0.3, 0.4) is 0 Å². The van der Waals surface area contributed by atoms with E-state index >= 15 is 0 Å². The van der Waals surface area contributed by atoms with Gasteiger partial charge in [-0.3, -0.25) is 5.43 Å². The fraction of sp³-hybridized carbons (Fsp3) is 0.100. The lowest BCUT2D eigenvalue weighted by Crippen LogP contribution is -2.30. The highest BCUT2D eigenvalue weighted by Gasteiger charge is 2.43. The van der Waals surface area contributed by atoms with E-state index in [2.05, 4.69) is 140 Å². The molecule has 0 aromatic heterocycles. The van der Waals surface area contributed by atoms with Crippen LogP contribution in [0.4, 0.5) is 0 Å². The Morgan fingerprint density at radius 2 is 1.03 bits per heavy atom. The molecular formula is C30H31BrN2P+. The number of hydrogen-bond acceptors (Lipinski definition) is 2. The summed E-state index contributed by atoms with van der Waals surface area (Å²) in [5.74, 6) is 2.41. The first-order valence-corrected chi connectivity index (χ1v) is 13.1. The number of hydrazone groups is 1. The molecule has 0 atom stereocenters. The molecule has 0 heterocycles. The quantitative estimate of drug-likeness (QED) is 0.154. The summed E-state index contributed by atoms with van der Waals surface area (Å²) in [6.45, 7) is 4.18. The van der Waals surface area contributed by atoms with E-state index in [-0.39, 0.29) is 17.0 Å². The van der Waals surface area contributed by atoms with Gasteiger partial charge in [-0.25, -0.2) is 0 Å². The van der Waals surface area contributed by atoms with Crippen molar-refractivity contribution in [2.75, 3.05) is 0 Å². The van der Waals surface area contributed by atoms with Crippen molar-refractivity contribution in [2.24, 2.45) is 5.10 Å². The Morgan fingerprint density at radius 1 is 0.647 bits per heavy atom. The fourth-order valence-electron chi connectivity index (χ4n) is 4.09. The van der Waals surface area contributed by atoms with Crippen molar-refractivity contribution in [3.05, 3.63) is 138 Å². The Morgan fingerprint density at radius 3 is 1.44 bits per heavy atom. The molecular weight excluding hydrogens is 499 g/mol. The zero-order valence-electron chi connectivity index (χ0n) is 19.6. The maximum absolute atomic E-state index is 4.70. The van der Waals surface area contributed by atoms with Gasteiger partial charge in [0.15, 0.2) is 0 Å². The lowest BCUT2D eigenvalue weighted by molar-refractivity contribution is 0.882. The van der Waals surface area contributed by atoms with E-state index in [1.54, 1.807) is 0 Å². The third-order valence-electron chi connectivity index (χ3n) is 5.60. The number of rotatable bonds is 8. The summed E-state index contributed by atoms with van der Waals surface area (Å²) < 4.78 is 0. The largest absolute Gasteiger partial charge is 0.280 e. The molecule has 0 fully saturated rings. The molecule has 172 valence electrons. The average Bonchev–Trinajstić information content (AvgIpc) is 2.88. The molecule has 34 heavy (non-hydrogen) atoms. The van der Waals surface area contributed by atoms with Crippen LogP contribution < -0.4 is 21.3 Å². The summed E-state index contributed by atoms with van der Waals surface area (Å²) in [4.78, 5) is 0. The normalized spacial score (nSPS) is 12.1. The minimum absolute atomic E-state index is 0. The molecule has 0 saturated carbocycles. The van der Waals surface area contributed by atoms with Gasteiger partial charge in [0.2, 0.25) is 0 Å². The van der Waals surface area contributed by atoms with Crippen LogP contribution in [0, 0.1) is 0 Å². The van der Waals surface area contributed by atoms with Gasteiger partial charge in [-0.1, -0.05) is 84.9 Å². The van der Waals surface area contributed by atoms with E-state index in [9.17, 15) is 0 Å². The molecule has 0 radical (unpaired) electrons. The SMILES string of the molecule is Br.C/C(=C\[P+](c1ccccc1)(c1ccccc1)c1ccccc1)N/N=C(\C)Cc1ccccc1. The van der Waals surface area contributed by atoms with Gasteiger partial charge in [0.1, 0.15) is 23.2 Å². The Bertz CT molecular complexity index is 1110. The zero-order valence-corrected chi connectivity index (χ0v) is 22.2. The first kappa shape index (κ1) is 25.6. The van der Waals surface area contributed by atoms with Gasteiger partial charge in [0, 0.05) is 12.1 Å². The lowest BCUT2D eigenvalue weighted by Gasteiger charge is -2.24. The number of halogens is 1. The summed E-state index contributed by atoms with van der Waals surface area (Å²) >= 11 is 0. The van der Waals surface area contributed by atoms with Crippen molar-refractivity contribution >= 4 is 45.9 Å². The van der Waals surface area contributed by atoms with Crippen molar-refractivity contribution in [3.8, 4) is 0 Å². The van der Waals surface area contributed by atoms with Gasteiger partial charge in [0.05, 0.1) is 11.5 Å². The molecule has 2 nitrogen and oxygen atoms in total. The second-order valence-corrected chi connectivity index (χ2v) is 11.4. The van der Waals surface area contributed by atoms with Crippen molar-refractivity contribution in [3.63, 3.8) is 0 Å².